The van der Waals surface area contributed by atoms with Crippen molar-refractivity contribution in [2.45, 2.75) is 26.0 Å². The number of amides is 1. The summed E-state index contributed by atoms with van der Waals surface area (Å²) < 4.78 is 0. The Morgan fingerprint density at radius 1 is 1.24 bits per heavy atom. The fourth-order valence-corrected chi connectivity index (χ4v) is 3.21. The van der Waals surface area contributed by atoms with Gasteiger partial charge < -0.3 is 15.5 Å². The molecule has 5 heteroatoms. The SMILES string of the molecule is Cc1ccc(O)c(C(=O)NCC(O)CN2CCc3ccccc3C2)c1. The molecule has 1 heterocycles. The number of carbonyl (C=O) groups is 1. The smallest absolute Gasteiger partial charge is 0.255 e. The van der Waals surface area contributed by atoms with E-state index in [1.165, 1.54) is 17.2 Å². The summed E-state index contributed by atoms with van der Waals surface area (Å²) in [5, 5.41) is 22.7. The average Bonchev–Trinajstić information content (AvgIpc) is 2.61. The molecule has 0 spiro atoms. The minimum Gasteiger partial charge on any atom is -0.507 e. The minimum absolute atomic E-state index is 0.0507. The number of hydrogen-bond donors (Lipinski definition) is 3. The van der Waals surface area contributed by atoms with E-state index in [1.807, 2.05) is 13.0 Å². The first-order chi connectivity index (χ1) is 12.0. The van der Waals surface area contributed by atoms with Gasteiger partial charge in [0.2, 0.25) is 0 Å². The van der Waals surface area contributed by atoms with Crippen LogP contribution >= 0.6 is 0 Å². The minimum atomic E-state index is -0.652. The van der Waals surface area contributed by atoms with E-state index in [0.717, 1.165) is 25.1 Å². The lowest BCUT2D eigenvalue weighted by molar-refractivity contribution is 0.0839. The van der Waals surface area contributed by atoms with Gasteiger partial charge in [-0.1, -0.05) is 35.9 Å². The molecule has 0 aliphatic carbocycles. The molecule has 1 aliphatic rings. The number of phenolic OH excluding ortho intramolecular Hbond substituents is 1. The van der Waals surface area contributed by atoms with Crippen molar-refractivity contribution in [3.05, 3.63) is 64.7 Å². The molecule has 0 bridgehead atoms. The fourth-order valence-electron chi connectivity index (χ4n) is 3.21. The summed E-state index contributed by atoms with van der Waals surface area (Å²) in [4.78, 5) is 14.4. The highest BCUT2D eigenvalue weighted by atomic mass is 16.3. The molecule has 1 amide bonds. The van der Waals surface area contributed by atoms with Crippen LogP contribution in [0.15, 0.2) is 42.5 Å². The molecule has 0 saturated carbocycles. The zero-order valence-corrected chi connectivity index (χ0v) is 14.4. The van der Waals surface area contributed by atoms with Gasteiger partial charge in [-0.2, -0.15) is 0 Å². The predicted octanol–water partition coefficient (Wildman–Crippen LogP) is 1.85. The van der Waals surface area contributed by atoms with Gasteiger partial charge in [-0.15, -0.1) is 0 Å². The molecule has 2 aromatic rings. The average molecular weight is 340 g/mol. The van der Waals surface area contributed by atoms with Crippen LogP contribution in [-0.2, 0) is 13.0 Å². The number of aromatic hydroxyl groups is 1. The molecule has 0 fully saturated rings. The highest BCUT2D eigenvalue weighted by Crippen LogP contribution is 2.19. The number of benzene rings is 2. The molecule has 1 aliphatic heterocycles. The van der Waals surface area contributed by atoms with Gasteiger partial charge in [0.05, 0.1) is 11.7 Å². The normalized spacial score (nSPS) is 15.4. The molecule has 0 radical (unpaired) electrons. The third-order valence-corrected chi connectivity index (χ3v) is 4.57. The number of nitrogens with one attached hydrogen (secondary N) is 1. The van der Waals surface area contributed by atoms with Gasteiger partial charge in [0.25, 0.3) is 5.91 Å². The van der Waals surface area contributed by atoms with Gasteiger partial charge >= 0.3 is 0 Å². The van der Waals surface area contributed by atoms with Gasteiger partial charge in [0.15, 0.2) is 0 Å². The van der Waals surface area contributed by atoms with Crippen LogP contribution < -0.4 is 5.32 Å². The van der Waals surface area contributed by atoms with E-state index < -0.39 is 6.10 Å². The maximum absolute atomic E-state index is 12.2. The van der Waals surface area contributed by atoms with E-state index in [1.54, 1.807) is 12.1 Å². The zero-order chi connectivity index (χ0) is 17.8. The largest absolute Gasteiger partial charge is 0.507 e. The number of fused-ring (bicyclic) bond motifs is 1. The van der Waals surface area contributed by atoms with Gasteiger partial charge in [-0.25, -0.2) is 0 Å². The van der Waals surface area contributed by atoms with Crippen molar-refractivity contribution in [3.63, 3.8) is 0 Å². The second-order valence-electron chi connectivity index (χ2n) is 6.64. The summed E-state index contributed by atoms with van der Waals surface area (Å²) in [5.41, 5.74) is 3.81. The summed E-state index contributed by atoms with van der Waals surface area (Å²) >= 11 is 0. The molecule has 3 N–H and O–H groups in total. The molecule has 25 heavy (non-hydrogen) atoms. The summed E-state index contributed by atoms with van der Waals surface area (Å²) in [6.07, 6.45) is 0.327. The lowest BCUT2D eigenvalue weighted by atomic mass is 10.00. The Balaban J connectivity index is 1.51. The number of nitrogens with zero attached hydrogens (tertiary/aromatic N) is 1. The second kappa shape index (κ2) is 7.68. The molecule has 132 valence electrons. The Morgan fingerprint density at radius 3 is 2.80 bits per heavy atom. The van der Waals surface area contributed by atoms with Crippen molar-refractivity contribution in [2.24, 2.45) is 0 Å². The van der Waals surface area contributed by atoms with Crippen molar-refractivity contribution < 1.29 is 15.0 Å². The van der Waals surface area contributed by atoms with E-state index in [0.29, 0.717) is 6.54 Å². The topological polar surface area (TPSA) is 72.8 Å². The summed E-state index contributed by atoms with van der Waals surface area (Å²) in [6.45, 7) is 4.25. The Labute approximate surface area is 147 Å². The Bertz CT molecular complexity index is 760. The Hall–Kier alpha value is -2.37. The summed E-state index contributed by atoms with van der Waals surface area (Å²) in [5.74, 6) is -0.422. The number of aliphatic hydroxyl groups excluding tert-OH is 1. The van der Waals surface area contributed by atoms with Gasteiger partial charge in [0, 0.05) is 26.2 Å². The maximum Gasteiger partial charge on any atom is 0.255 e. The van der Waals surface area contributed by atoms with Crippen LogP contribution in [0.5, 0.6) is 5.75 Å². The molecule has 0 aromatic heterocycles. The first kappa shape index (κ1) is 17.5. The second-order valence-corrected chi connectivity index (χ2v) is 6.64. The fraction of sp³-hybridized carbons (Fsp3) is 0.350. The molecule has 2 aromatic carbocycles. The lowest BCUT2D eigenvalue weighted by Crippen LogP contribution is -2.42. The van der Waals surface area contributed by atoms with Gasteiger partial charge in [-0.3, -0.25) is 9.69 Å². The van der Waals surface area contributed by atoms with Crippen LogP contribution in [-0.4, -0.2) is 46.8 Å². The summed E-state index contributed by atoms with van der Waals surface area (Å²) in [6, 6.07) is 13.3. The zero-order valence-electron chi connectivity index (χ0n) is 14.4. The maximum atomic E-state index is 12.2. The number of β-amino-alcohol motifs (C(OH)–C–C–N with tert-alkyl or cyclic N) is 1. The standard InChI is InChI=1S/C20H24N2O3/c1-14-6-7-19(24)18(10-14)20(25)21-11-17(23)13-22-9-8-15-4-2-3-5-16(15)12-22/h2-7,10,17,23-24H,8-9,11-13H2,1H3,(H,21,25). The summed E-state index contributed by atoms with van der Waals surface area (Å²) in [7, 11) is 0. The van der Waals surface area contributed by atoms with Crippen molar-refractivity contribution in [2.75, 3.05) is 19.6 Å². The number of rotatable bonds is 5. The van der Waals surface area contributed by atoms with E-state index in [-0.39, 0.29) is 23.8 Å². The highest BCUT2D eigenvalue weighted by Gasteiger charge is 2.19. The number of phenols is 1. The number of carbonyl (C=O) groups excluding carboxylic acids is 1. The van der Waals surface area contributed by atoms with Crippen molar-refractivity contribution in [1.82, 2.24) is 10.2 Å². The number of hydrogen-bond acceptors (Lipinski definition) is 4. The quantitative estimate of drug-likeness (QED) is 0.777. The number of aliphatic hydroxyl groups is 1. The first-order valence-corrected chi connectivity index (χ1v) is 8.58. The van der Waals surface area contributed by atoms with Crippen molar-refractivity contribution >= 4 is 5.91 Å². The van der Waals surface area contributed by atoms with E-state index in [9.17, 15) is 15.0 Å². The van der Waals surface area contributed by atoms with Crippen LogP contribution in [0.4, 0.5) is 0 Å². The molecule has 0 saturated heterocycles. The third kappa shape index (κ3) is 4.38. The van der Waals surface area contributed by atoms with E-state index in [2.05, 4.69) is 28.4 Å². The van der Waals surface area contributed by atoms with Crippen molar-refractivity contribution in [3.8, 4) is 5.75 Å². The van der Waals surface area contributed by atoms with Crippen LogP contribution in [0.2, 0.25) is 0 Å². The van der Waals surface area contributed by atoms with Crippen LogP contribution in [0.1, 0.15) is 27.0 Å². The highest BCUT2D eigenvalue weighted by molar-refractivity contribution is 5.97. The van der Waals surface area contributed by atoms with Crippen LogP contribution in [0.3, 0.4) is 0 Å². The first-order valence-electron chi connectivity index (χ1n) is 8.58. The van der Waals surface area contributed by atoms with Gasteiger partial charge in [0.1, 0.15) is 5.75 Å². The third-order valence-electron chi connectivity index (χ3n) is 4.57. The Kier molecular flexibility index (Phi) is 5.36. The molecule has 5 nitrogen and oxygen atoms in total. The monoisotopic (exact) mass is 340 g/mol. The molecule has 1 atom stereocenters. The van der Waals surface area contributed by atoms with E-state index >= 15 is 0 Å². The Morgan fingerprint density at radius 2 is 2.00 bits per heavy atom. The predicted molar refractivity (Wildman–Crippen MR) is 96.6 cm³/mol. The number of aryl methyl sites for hydroxylation is 1. The molecule has 1 unspecified atom stereocenters. The lowest BCUT2D eigenvalue weighted by Gasteiger charge is -2.30. The van der Waals surface area contributed by atoms with Gasteiger partial charge in [-0.05, 0) is 36.6 Å². The molecular formula is C20H24N2O3. The van der Waals surface area contributed by atoms with E-state index in [4.69, 9.17) is 0 Å². The van der Waals surface area contributed by atoms with Crippen LogP contribution in [0.25, 0.3) is 0 Å². The van der Waals surface area contributed by atoms with Crippen LogP contribution in [0, 0.1) is 6.92 Å². The molecular weight excluding hydrogens is 316 g/mol. The van der Waals surface area contributed by atoms with Crippen molar-refractivity contribution in [1.29, 1.82) is 0 Å². The molecule has 3 rings (SSSR count).